The van der Waals surface area contributed by atoms with E-state index < -0.39 is 0 Å². The summed E-state index contributed by atoms with van der Waals surface area (Å²) < 4.78 is 18.1. The van der Waals surface area contributed by atoms with Crippen molar-refractivity contribution in [1.29, 1.82) is 0 Å². The van der Waals surface area contributed by atoms with Gasteiger partial charge in [0.1, 0.15) is 12.3 Å². The van der Waals surface area contributed by atoms with Gasteiger partial charge in [0.15, 0.2) is 0 Å². The minimum atomic E-state index is 0.0199. The Morgan fingerprint density at radius 2 is 1.69 bits per heavy atom. The number of benzene rings is 2. The molecule has 1 atom stereocenters. The second-order valence-electron chi connectivity index (χ2n) is 6.35. The van der Waals surface area contributed by atoms with Crippen molar-refractivity contribution >= 4 is 11.4 Å². The molecule has 0 amide bonds. The molecular weight excluding hydrogens is 331 g/mol. The molecule has 2 aromatic carbocycles. The monoisotopic (exact) mass is 352 g/mol. The summed E-state index contributed by atoms with van der Waals surface area (Å²) in [6, 6.07) is 17.7. The molecule has 5 nitrogen and oxygen atoms in total. The van der Waals surface area contributed by atoms with Gasteiger partial charge in [-0.15, -0.1) is 4.48 Å². The van der Waals surface area contributed by atoms with Crippen LogP contribution in [0.4, 0.5) is 15.9 Å². The van der Waals surface area contributed by atoms with Gasteiger partial charge in [-0.1, -0.05) is 30.3 Å². The highest BCUT2D eigenvalue weighted by Crippen LogP contribution is 2.29. The Kier molecular flexibility index (Phi) is 4.84. The van der Waals surface area contributed by atoms with Gasteiger partial charge in [-0.05, 0) is 29.8 Å². The molecule has 1 aromatic heterocycles. The fraction of sp³-hybridized carbons (Fsp3) is 0.250. The molecule has 0 spiro atoms. The maximum atomic E-state index is 12.5. The lowest BCUT2D eigenvalue weighted by Gasteiger charge is -2.39. The van der Waals surface area contributed by atoms with E-state index in [1.165, 1.54) is 5.56 Å². The van der Waals surface area contributed by atoms with E-state index in [9.17, 15) is 4.48 Å². The van der Waals surface area contributed by atoms with Crippen LogP contribution in [0.5, 0.6) is 0 Å². The van der Waals surface area contributed by atoms with Crippen molar-refractivity contribution in [2.45, 2.75) is 6.04 Å². The van der Waals surface area contributed by atoms with Gasteiger partial charge in [0, 0.05) is 31.9 Å². The average Bonchev–Trinajstić information content (AvgIpc) is 3.24. The second-order valence-corrected chi connectivity index (χ2v) is 6.35. The number of nitrogens with one attached hydrogen (secondary N) is 1. The van der Waals surface area contributed by atoms with Crippen molar-refractivity contribution in [2.75, 3.05) is 36.6 Å². The van der Waals surface area contributed by atoms with Gasteiger partial charge in [0.05, 0.1) is 11.9 Å². The highest BCUT2D eigenvalue weighted by Gasteiger charge is 2.29. The van der Waals surface area contributed by atoms with Crippen molar-refractivity contribution in [3.8, 4) is 0 Å². The zero-order valence-corrected chi connectivity index (χ0v) is 14.4. The van der Waals surface area contributed by atoms with Gasteiger partial charge < -0.3 is 9.32 Å². The van der Waals surface area contributed by atoms with E-state index in [4.69, 9.17) is 4.42 Å². The maximum Gasteiger partial charge on any atom is 0.215 e. The molecule has 6 heteroatoms. The third-order valence-electron chi connectivity index (χ3n) is 4.82. The molecule has 26 heavy (non-hydrogen) atoms. The lowest BCUT2D eigenvalue weighted by Crippen LogP contribution is -2.48. The van der Waals surface area contributed by atoms with Gasteiger partial charge in [-0.25, -0.2) is 10.5 Å². The van der Waals surface area contributed by atoms with Crippen LogP contribution in [0.1, 0.15) is 17.5 Å². The Balaban J connectivity index is 1.49. The van der Waals surface area contributed by atoms with E-state index in [0.717, 1.165) is 37.8 Å². The summed E-state index contributed by atoms with van der Waals surface area (Å²) in [5.41, 5.74) is 4.43. The smallest absolute Gasteiger partial charge is 0.215 e. The summed E-state index contributed by atoms with van der Waals surface area (Å²) in [5.74, 6) is 0.725. The standard InChI is InChI=1S/C20H21FN4O/c21-23-17-6-8-18(9-7-17)24-11-13-25(14-12-24)19(20-22-10-15-26-20)16-4-2-1-3-5-16/h1-10,15,19,23H,11-14H2. The highest BCUT2D eigenvalue weighted by molar-refractivity contribution is 5.54. The van der Waals surface area contributed by atoms with Crippen LogP contribution < -0.4 is 10.4 Å². The summed E-state index contributed by atoms with van der Waals surface area (Å²) in [6.45, 7) is 3.58. The fourth-order valence-electron chi connectivity index (χ4n) is 3.49. The minimum absolute atomic E-state index is 0.0199. The van der Waals surface area contributed by atoms with Crippen LogP contribution >= 0.6 is 0 Å². The molecule has 0 saturated carbocycles. The molecule has 1 aliphatic rings. The van der Waals surface area contributed by atoms with Crippen molar-refractivity contribution in [3.05, 3.63) is 78.5 Å². The molecule has 1 unspecified atom stereocenters. The van der Waals surface area contributed by atoms with Gasteiger partial charge in [0.2, 0.25) is 5.89 Å². The topological polar surface area (TPSA) is 44.5 Å². The number of piperazine rings is 1. The van der Waals surface area contributed by atoms with Gasteiger partial charge in [-0.3, -0.25) is 4.90 Å². The van der Waals surface area contributed by atoms with Crippen LogP contribution in [0.25, 0.3) is 0 Å². The largest absolute Gasteiger partial charge is 0.447 e. The Labute approximate surface area is 152 Å². The van der Waals surface area contributed by atoms with Gasteiger partial charge in [0.25, 0.3) is 0 Å². The Morgan fingerprint density at radius 1 is 0.962 bits per heavy atom. The van der Waals surface area contributed by atoms with Crippen molar-refractivity contribution in [3.63, 3.8) is 0 Å². The zero-order chi connectivity index (χ0) is 17.8. The van der Waals surface area contributed by atoms with Crippen molar-refractivity contribution in [1.82, 2.24) is 9.88 Å². The number of oxazole rings is 1. The lowest BCUT2D eigenvalue weighted by molar-refractivity contribution is 0.187. The van der Waals surface area contributed by atoms with Crippen LogP contribution in [0.3, 0.4) is 0 Å². The molecule has 0 radical (unpaired) electrons. The SMILES string of the molecule is FNc1ccc(N2CCN(C(c3ccccc3)c3ncco3)CC2)cc1. The van der Waals surface area contributed by atoms with E-state index >= 15 is 0 Å². The number of hydrogen-bond acceptors (Lipinski definition) is 5. The van der Waals surface area contributed by atoms with Gasteiger partial charge in [-0.2, -0.15) is 0 Å². The Bertz CT molecular complexity index is 800. The molecule has 2 heterocycles. The summed E-state index contributed by atoms with van der Waals surface area (Å²) in [7, 11) is 0. The van der Waals surface area contributed by atoms with Crippen LogP contribution in [-0.2, 0) is 0 Å². The van der Waals surface area contributed by atoms with E-state index in [0.29, 0.717) is 5.69 Å². The first kappa shape index (κ1) is 16.6. The number of halogens is 1. The molecule has 1 N–H and O–H groups in total. The van der Waals surface area contributed by atoms with E-state index in [-0.39, 0.29) is 6.04 Å². The number of hydrogen-bond donors (Lipinski definition) is 1. The molecule has 1 saturated heterocycles. The zero-order valence-electron chi connectivity index (χ0n) is 14.4. The van der Waals surface area contributed by atoms with Crippen molar-refractivity contribution in [2.24, 2.45) is 0 Å². The quantitative estimate of drug-likeness (QED) is 0.706. The van der Waals surface area contributed by atoms with E-state index in [1.54, 1.807) is 30.1 Å². The third kappa shape index (κ3) is 3.41. The van der Waals surface area contributed by atoms with Crippen molar-refractivity contribution < 1.29 is 8.90 Å². The van der Waals surface area contributed by atoms with Crippen LogP contribution in [0.15, 0.2) is 71.5 Å². The molecule has 1 fully saturated rings. The molecule has 1 aliphatic heterocycles. The normalized spacial score (nSPS) is 16.4. The van der Waals surface area contributed by atoms with E-state index in [1.807, 2.05) is 30.3 Å². The summed E-state index contributed by atoms with van der Waals surface area (Å²) in [5, 5.41) is 0. The first-order valence-corrected chi connectivity index (χ1v) is 8.75. The number of nitrogens with zero attached hydrogens (tertiary/aromatic N) is 3. The third-order valence-corrected chi connectivity index (χ3v) is 4.82. The second kappa shape index (κ2) is 7.58. The number of aromatic nitrogens is 1. The number of anilines is 2. The van der Waals surface area contributed by atoms with Gasteiger partial charge >= 0.3 is 0 Å². The minimum Gasteiger partial charge on any atom is -0.447 e. The molecule has 4 rings (SSSR count). The van der Waals surface area contributed by atoms with Crippen LogP contribution in [-0.4, -0.2) is 36.1 Å². The average molecular weight is 352 g/mol. The Hall–Kier alpha value is -2.86. The predicted molar refractivity (Wildman–Crippen MR) is 99.7 cm³/mol. The molecular formula is C20H21FN4O. The summed E-state index contributed by atoms with van der Waals surface area (Å²) in [6.07, 6.45) is 3.32. The molecule has 0 bridgehead atoms. The molecule has 134 valence electrons. The van der Waals surface area contributed by atoms with E-state index in [2.05, 4.69) is 26.9 Å². The molecule has 3 aromatic rings. The molecule has 0 aliphatic carbocycles. The number of rotatable bonds is 5. The van der Waals surface area contributed by atoms with Crippen LogP contribution in [0, 0.1) is 0 Å². The Morgan fingerprint density at radius 3 is 2.31 bits per heavy atom. The van der Waals surface area contributed by atoms with Crippen LogP contribution in [0.2, 0.25) is 0 Å². The summed E-state index contributed by atoms with van der Waals surface area (Å²) in [4.78, 5) is 9.11. The predicted octanol–water partition coefficient (Wildman–Crippen LogP) is 3.88. The first-order chi connectivity index (χ1) is 12.8. The lowest BCUT2D eigenvalue weighted by atomic mass is 10.0. The summed E-state index contributed by atoms with van der Waals surface area (Å²) >= 11 is 0. The first-order valence-electron chi connectivity index (χ1n) is 8.75. The fourth-order valence-corrected chi connectivity index (χ4v) is 3.49. The maximum absolute atomic E-state index is 12.5. The highest BCUT2D eigenvalue weighted by atomic mass is 19.2.